The van der Waals surface area contributed by atoms with Crippen molar-refractivity contribution < 1.29 is 38.2 Å². The minimum atomic E-state index is -0.991. The van der Waals surface area contributed by atoms with E-state index in [4.69, 9.17) is 0 Å². The molecule has 0 spiro atoms. The van der Waals surface area contributed by atoms with Gasteiger partial charge in [0, 0.05) is 5.56 Å². The van der Waals surface area contributed by atoms with E-state index in [1.54, 1.807) is 0 Å². The molecular formula is C17H12N2O8. The van der Waals surface area contributed by atoms with Crippen LogP contribution in [-0.4, -0.2) is 60.8 Å². The van der Waals surface area contributed by atoms with Crippen LogP contribution in [0.1, 0.15) is 52.2 Å². The number of fused-ring (bicyclic) bond motifs is 3. The first kappa shape index (κ1) is 18.0. The maximum absolute atomic E-state index is 12.4. The number of ether oxygens (including phenoxy) is 3. The lowest BCUT2D eigenvalue weighted by molar-refractivity contribution is 0.0549. The highest BCUT2D eigenvalue weighted by Crippen LogP contribution is 2.34. The molecule has 0 aromatic carbocycles. The Balaban J connectivity index is 2.32. The van der Waals surface area contributed by atoms with Crippen molar-refractivity contribution in [3.05, 3.63) is 40.3 Å². The largest absolute Gasteiger partial charge is 0.465 e. The molecule has 138 valence electrons. The Labute approximate surface area is 151 Å². The number of ketones is 2. The summed E-state index contributed by atoms with van der Waals surface area (Å²) in [7, 11) is 3.33. The molecular weight excluding hydrogens is 360 g/mol. The predicted molar refractivity (Wildman–Crippen MR) is 86.7 cm³/mol. The summed E-state index contributed by atoms with van der Waals surface area (Å²) in [4.78, 5) is 67.1. The maximum atomic E-state index is 12.4. The summed E-state index contributed by atoms with van der Waals surface area (Å²) in [6, 6.07) is 2.36. The van der Waals surface area contributed by atoms with Crippen molar-refractivity contribution in [2.24, 2.45) is 0 Å². The molecule has 0 atom stereocenters. The monoisotopic (exact) mass is 372 g/mol. The molecule has 0 fully saturated rings. The second-order valence-electron chi connectivity index (χ2n) is 5.39. The summed E-state index contributed by atoms with van der Waals surface area (Å²) in [5.41, 5.74) is -1.04. The maximum Gasteiger partial charge on any atom is 0.357 e. The summed E-state index contributed by atoms with van der Waals surface area (Å²) >= 11 is 0. The molecule has 2 aromatic rings. The Morgan fingerprint density at radius 2 is 1.48 bits per heavy atom. The molecule has 0 amide bonds. The Bertz CT molecular complexity index is 1030. The number of nitrogens with zero attached hydrogens (tertiary/aromatic N) is 1. The number of carbonyl (C=O) groups is 5. The zero-order valence-corrected chi connectivity index (χ0v) is 14.4. The topological polar surface area (TPSA) is 142 Å². The number of hydrogen-bond donors (Lipinski definition) is 1. The van der Waals surface area contributed by atoms with Crippen LogP contribution < -0.4 is 0 Å². The number of aromatic amines is 1. The predicted octanol–water partition coefficient (Wildman–Crippen LogP) is 0.815. The average Bonchev–Trinajstić information content (AvgIpc) is 3.14. The highest BCUT2D eigenvalue weighted by atomic mass is 16.5. The molecule has 0 saturated carbocycles. The van der Waals surface area contributed by atoms with Crippen molar-refractivity contribution in [2.45, 2.75) is 0 Å². The van der Waals surface area contributed by atoms with Crippen LogP contribution in [0.3, 0.4) is 0 Å². The number of esters is 3. The molecule has 1 aliphatic rings. The van der Waals surface area contributed by atoms with E-state index >= 15 is 0 Å². The van der Waals surface area contributed by atoms with Gasteiger partial charge < -0.3 is 19.2 Å². The zero-order chi connectivity index (χ0) is 19.9. The van der Waals surface area contributed by atoms with Crippen LogP contribution in [0.5, 0.6) is 0 Å². The van der Waals surface area contributed by atoms with Crippen LogP contribution in [0.15, 0.2) is 12.1 Å². The van der Waals surface area contributed by atoms with E-state index in [0.717, 1.165) is 21.3 Å². The van der Waals surface area contributed by atoms with E-state index in [1.807, 2.05) is 0 Å². The molecule has 2 heterocycles. The summed E-state index contributed by atoms with van der Waals surface area (Å²) in [5.74, 6) is -4.53. The van der Waals surface area contributed by atoms with Gasteiger partial charge >= 0.3 is 17.9 Å². The SMILES string of the molecule is COC(=O)c1cc2c([nH]1)-c1cc(C(=O)OC)c(C(=O)OC)nc1C(=O)C2=O. The first-order valence-electron chi connectivity index (χ1n) is 7.46. The second kappa shape index (κ2) is 6.48. The molecule has 10 nitrogen and oxygen atoms in total. The standard InChI is InChI=1S/C17H12N2O8/c1-25-15(22)8-4-6-10-7(5-9(18-10)16(23)26-2)13(20)14(21)11(6)19-12(8)17(24)27-3/h4-5,18H,1-3H3. The Hall–Kier alpha value is -3.82. The molecule has 2 aromatic heterocycles. The van der Waals surface area contributed by atoms with E-state index in [-0.39, 0.29) is 33.8 Å². The number of carbonyl (C=O) groups excluding carboxylic acids is 5. The van der Waals surface area contributed by atoms with Crippen LogP contribution in [0.4, 0.5) is 0 Å². The molecule has 3 rings (SSSR count). The minimum absolute atomic E-state index is 0.0619. The van der Waals surface area contributed by atoms with E-state index in [9.17, 15) is 24.0 Å². The van der Waals surface area contributed by atoms with Crippen LogP contribution in [0.2, 0.25) is 0 Å². The Morgan fingerprint density at radius 1 is 0.852 bits per heavy atom. The van der Waals surface area contributed by atoms with Crippen LogP contribution in [-0.2, 0) is 14.2 Å². The molecule has 1 aliphatic carbocycles. The van der Waals surface area contributed by atoms with Gasteiger partial charge in [-0.05, 0) is 12.1 Å². The summed E-state index contributed by atoms with van der Waals surface area (Å²) in [6.07, 6.45) is 0. The van der Waals surface area contributed by atoms with E-state index < -0.39 is 35.2 Å². The lowest BCUT2D eigenvalue weighted by Crippen LogP contribution is -2.25. The minimum Gasteiger partial charge on any atom is -0.465 e. The summed E-state index contributed by atoms with van der Waals surface area (Å²) < 4.78 is 13.8. The van der Waals surface area contributed by atoms with Crippen molar-refractivity contribution in [1.29, 1.82) is 0 Å². The molecule has 0 aliphatic heterocycles. The average molecular weight is 372 g/mol. The van der Waals surface area contributed by atoms with Gasteiger partial charge in [0.25, 0.3) is 5.78 Å². The second-order valence-corrected chi connectivity index (χ2v) is 5.39. The van der Waals surface area contributed by atoms with Gasteiger partial charge in [-0.1, -0.05) is 0 Å². The van der Waals surface area contributed by atoms with Gasteiger partial charge in [0.05, 0.1) is 38.2 Å². The number of hydrogen-bond acceptors (Lipinski definition) is 9. The summed E-state index contributed by atoms with van der Waals surface area (Å²) in [6.45, 7) is 0. The summed E-state index contributed by atoms with van der Waals surface area (Å²) in [5, 5.41) is 0. The van der Waals surface area contributed by atoms with Gasteiger partial charge in [-0.25, -0.2) is 19.4 Å². The third-order valence-electron chi connectivity index (χ3n) is 3.96. The molecule has 27 heavy (non-hydrogen) atoms. The molecule has 1 N–H and O–H groups in total. The number of nitrogens with one attached hydrogen (secondary N) is 1. The Kier molecular flexibility index (Phi) is 4.32. The third-order valence-corrected chi connectivity index (χ3v) is 3.96. The quantitative estimate of drug-likeness (QED) is 0.470. The van der Waals surface area contributed by atoms with Crippen molar-refractivity contribution in [1.82, 2.24) is 9.97 Å². The highest BCUT2D eigenvalue weighted by Gasteiger charge is 2.37. The van der Waals surface area contributed by atoms with Gasteiger partial charge in [-0.3, -0.25) is 9.59 Å². The van der Waals surface area contributed by atoms with Crippen molar-refractivity contribution in [2.75, 3.05) is 21.3 Å². The molecule has 0 bridgehead atoms. The molecule has 10 heteroatoms. The zero-order valence-electron chi connectivity index (χ0n) is 14.4. The number of methoxy groups -OCH3 is 3. The fourth-order valence-corrected chi connectivity index (χ4v) is 2.69. The first-order valence-corrected chi connectivity index (χ1v) is 7.46. The number of pyridine rings is 1. The normalized spacial score (nSPS) is 12.1. The number of H-pyrrole nitrogens is 1. The van der Waals surface area contributed by atoms with Crippen LogP contribution in [0.25, 0.3) is 11.3 Å². The fraction of sp³-hybridized carbons (Fsp3) is 0.176. The molecule has 0 radical (unpaired) electrons. The number of rotatable bonds is 3. The van der Waals surface area contributed by atoms with E-state index in [0.29, 0.717) is 0 Å². The van der Waals surface area contributed by atoms with Crippen molar-refractivity contribution in [3.63, 3.8) is 0 Å². The van der Waals surface area contributed by atoms with Gasteiger partial charge in [-0.2, -0.15) is 0 Å². The fourth-order valence-electron chi connectivity index (χ4n) is 2.69. The smallest absolute Gasteiger partial charge is 0.357 e. The number of Topliss-reactive ketones (excluding diaryl/α,β-unsaturated/α-hetero) is 2. The van der Waals surface area contributed by atoms with E-state index in [2.05, 4.69) is 24.2 Å². The van der Waals surface area contributed by atoms with Crippen molar-refractivity contribution >= 4 is 29.5 Å². The van der Waals surface area contributed by atoms with Gasteiger partial charge in [0.1, 0.15) is 11.4 Å². The highest BCUT2D eigenvalue weighted by molar-refractivity contribution is 6.52. The van der Waals surface area contributed by atoms with Gasteiger partial charge in [0.15, 0.2) is 5.69 Å². The van der Waals surface area contributed by atoms with Gasteiger partial charge in [0.2, 0.25) is 5.78 Å². The van der Waals surface area contributed by atoms with Gasteiger partial charge in [-0.15, -0.1) is 0 Å². The van der Waals surface area contributed by atoms with E-state index in [1.165, 1.54) is 12.1 Å². The lowest BCUT2D eigenvalue weighted by Gasteiger charge is -2.16. The van der Waals surface area contributed by atoms with Crippen molar-refractivity contribution in [3.8, 4) is 11.3 Å². The molecule has 0 saturated heterocycles. The number of aromatic nitrogens is 2. The first-order chi connectivity index (χ1) is 12.8. The Morgan fingerprint density at radius 3 is 2.07 bits per heavy atom. The van der Waals surface area contributed by atoms with Crippen LogP contribution >= 0.6 is 0 Å². The lowest BCUT2D eigenvalue weighted by atomic mass is 9.90. The molecule has 0 unspecified atom stereocenters. The third kappa shape index (κ3) is 2.67. The van der Waals surface area contributed by atoms with Crippen LogP contribution in [0, 0.1) is 0 Å².